The van der Waals surface area contributed by atoms with Crippen molar-refractivity contribution in [3.63, 3.8) is 0 Å². The van der Waals surface area contributed by atoms with Gasteiger partial charge in [0.25, 0.3) is 0 Å². The second kappa shape index (κ2) is 3.18. The third-order valence-corrected chi connectivity index (χ3v) is 1.68. The van der Waals surface area contributed by atoms with Gasteiger partial charge in [0.2, 0.25) is 0 Å². The molecule has 0 amide bonds. The van der Waals surface area contributed by atoms with Gasteiger partial charge in [-0.3, -0.25) is 0 Å². The third kappa shape index (κ3) is 1.66. The van der Waals surface area contributed by atoms with Crippen LogP contribution in [0.4, 0.5) is 0 Å². The Morgan fingerprint density at radius 2 is 2.33 bits per heavy atom. The smallest absolute Gasteiger partial charge is 0.0855 e. The SMILES string of the molecule is CCO[C@H]1COC[C@H]1C. The molecule has 1 heterocycles. The summed E-state index contributed by atoms with van der Waals surface area (Å²) in [6, 6.07) is 0. The fourth-order valence-corrected chi connectivity index (χ4v) is 1.07. The van der Waals surface area contributed by atoms with E-state index in [0.717, 1.165) is 19.8 Å². The Bertz CT molecular complexity index is 83.0. The van der Waals surface area contributed by atoms with Crippen LogP contribution in [-0.2, 0) is 9.47 Å². The molecular formula is C7H14O2. The van der Waals surface area contributed by atoms with Crippen LogP contribution >= 0.6 is 0 Å². The van der Waals surface area contributed by atoms with E-state index in [1.54, 1.807) is 0 Å². The van der Waals surface area contributed by atoms with Crippen molar-refractivity contribution in [1.29, 1.82) is 0 Å². The lowest BCUT2D eigenvalue weighted by Gasteiger charge is -2.11. The van der Waals surface area contributed by atoms with Gasteiger partial charge in [-0.1, -0.05) is 6.92 Å². The van der Waals surface area contributed by atoms with E-state index in [4.69, 9.17) is 9.47 Å². The van der Waals surface area contributed by atoms with Gasteiger partial charge >= 0.3 is 0 Å². The lowest BCUT2D eigenvalue weighted by molar-refractivity contribution is 0.0371. The molecule has 0 aromatic rings. The number of hydrogen-bond donors (Lipinski definition) is 0. The summed E-state index contributed by atoms with van der Waals surface area (Å²) in [4.78, 5) is 0. The highest BCUT2D eigenvalue weighted by Gasteiger charge is 2.23. The summed E-state index contributed by atoms with van der Waals surface area (Å²) in [6.07, 6.45) is 0.356. The predicted octanol–water partition coefficient (Wildman–Crippen LogP) is 1.06. The highest BCUT2D eigenvalue weighted by Crippen LogP contribution is 2.15. The van der Waals surface area contributed by atoms with Crippen molar-refractivity contribution in [3.8, 4) is 0 Å². The maximum atomic E-state index is 5.39. The van der Waals surface area contributed by atoms with Crippen molar-refractivity contribution in [2.75, 3.05) is 19.8 Å². The van der Waals surface area contributed by atoms with Crippen molar-refractivity contribution in [1.82, 2.24) is 0 Å². The Balaban J connectivity index is 2.22. The monoisotopic (exact) mass is 130 g/mol. The van der Waals surface area contributed by atoms with Crippen LogP contribution in [0, 0.1) is 5.92 Å². The largest absolute Gasteiger partial charge is 0.378 e. The molecule has 9 heavy (non-hydrogen) atoms. The van der Waals surface area contributed by atoms with E-state index in [0.29, 0.717) is 12.0 Å². The Labute approximate surface area is 56.2 Å². The molecule has 0 saturated carbocycles. The minimum Gasteiger partial charge on any atom is -0.378 e. The molecule has 1 saturated heterocycles. The Hall–Kier alpha value is -0.0800. The van der Waals surface area contributed by atoms with E-state index < -0.39 is 0 Å². The minimum atomic E-state index is 0.356. The van der Waals surface area contributed by atoms with Gasteiger partial charge in [0.1, 0.15) is 0 Å². The van der Waals surface area contributed by atoms with E-state index in [-0.39, 0.29) is 0 Å². The van der Waals surface area contributed by atoms with Crippen LogP contribution in [0.1, 0.15) is 13.8 Å². The van der Waals surface area contributed by atoms with Crippen LogP contribution in [-0.4, -0.2) is 25.9 Å². The molecule has 0 bridgehead atoms. The zero-order valence-electron chi connectivity index (χ0n) is 6.09. The molecule has 0 radical (unpaired) electrons. The molecular weight excluding hydrogens is 116 g/mol. The summed E-state index contributed by atoms with van der Waals surface area (Å²) in [5, 5.41) is 0. The molecule has 0 aromatic heterocycles. The summed E-state index contributed by atoms with van der Waals surface area (Å²) >= 11 is 0. The summed E-state index contributed by atoms with van der Waals surface area (Å²) in [5.41, 5.74) is 0. The van der Waals surface area contributed by atoms with Crippen molar-refractivity contribution >= 4 is 0 Å². The van der Waals surface area contributed by atoms with Gasteiger partial charge in [0.15, 0.2) is 0 Å². The first-order chi connectivity index (χ1) is 4.34. The van der Waals surface area contributed by atoms with E-state index >= 15 is 0 Å². The van der Waals surface area contributed by atoms with Gasteiger partial charge < -0.3 is 9.47 Å². The molecule has 2 heteroatoms. The molecule has 0 aliphatic carbocycles. The highest BCUT2D eigenvalue weighted by molar-refractivity contribution is 4.70. The normalized spacial score (nSPS) is 35.3. The summed E-state index contributed by atoms with van der Waals surface area (Å²) in [7, 11) is 0. The topological polar surface area (TPSA) is 18.5 Å². The molecule has 1 aliphatic rings. The lowest BCUT2D eigenvalue weighted by atomic mass is 10.1. The molecule has 2 atom stereocenters. The quantitative estimate of drug-likeness (QED) is 0.556. The fraction of sp³-hybridized carbons (Fsp3) is 1.00. The van der Waals surface area contributed by atoms with Gasteiger partial charge in [-0.05, 0) is 6.92 Å². The first-order valence-electron chi connectivity index (χ1n) is 3.54. The molecule has 2 nitrogen and oxygen atoms in total. The Kier molecular flexibility index (Phi) is 2.49. The average molecular weight is 130 g/mol. The van der Waals surface area contributed by atoms with Crippen LogP contribution in [0.15, 0.2) is 0 Å². The number of hydrogen-bond acceptors (Lipinski definition) is 2. The number of rotatable bonds is 2. The van der Waals surface area contributed by atoms with Crippen LogP contribution in [0.5, 0.6) is 0 Å². The summed E-state index contributed by atoms with van der Waals surface area (Å²) in [5.74, 6) is 0.588. The standard InChI is InChI=1S/C7H14O2/c1-3-9-7-5-8-4-6(7)2/h6-7H,3-5H2,1-2H3/t6-,7+/m1/s1. The Morgan fingerprint density at radius 1 is 1.56 bits per heavy atom. The molecule has 0 spiro atoms. The highest BCUT2D eigenvalue weighted by atomic mass is 16.5. The van der Waals surface area contributed by atoms with E-state index in [1.807, 2.05) is 6.92 Å². The average Bonchev–Trinajstić information content (AvgIpc) is 2.18. The Morgan fingerprint density at radius 3 is 2.78 bits per heavy atom. The van der Waals surface area contributed by atoms with E-state index in [1.165, 1.54) is 0 Å². The zero-order valence-corrected chi connectivity index (χ0v) is 6.09. The van der Waals surface area contributed by atoms with Gasteiger partial charge in [-0.25, -0.2) is 0 Å². The first kappa shape index (κ1) is 7.03. The van der Waals surface area contributed by atoms with E-state index in [9.17, 15) is 0 Å². The van der Waals surface area contributed by atoms with Crippen LogP contribution in [0.2, 0.25) is 0 Å². The van der Waals surface area contributed by atoms with Crippen molar-refractivity contribution < 1.29 is 9.47 Å². The van der Waals surface area contributed by atoms with Crippen LogP contribution in [0.25, 0.3) is 0 Å². The lowest BCUT2D eigenvalue weighted by Crippen LogP contribution is -2.19. The maximum Gasteiger partial charge on any atom is 0.0855 e. The minimum absolute atomic E-state index is 0.356. The van der Waals surface area contributed by atoms with Gasteiger partial charge in [-0.15, -0.1) is 0 Å². The molecule has 0 aromatic carbocycles. The second-order valence-electron chi connectivity index (χ2n) is 2.51. The second-order valence-corrected chi connectivity index (χ2v) is 2.51. The first-order valence-corrected chi connectivity index (χ1v) is 3.54. The fourth-order valence-electron chi connectivity index (χ4n) is 1.07. The van der Waals surface area contributed by atoms with Gasteiger partial charge in [0, 0.05) is 12.5 Å². The predicted molar refractivity (Wildman–Crippen MR) is 35.4 cm³/mol. The van der Waals surface area contributed by atoms with Crippen molar-refractivity contribution in [3.05, 3.63) is 0 Å². The van der Waals surface area contributed by atoms with Crippen molar-refractivity contribution in [2.45, 2.75) is 20.0 Å². The molecule has 0 N–H and O–H groups in total. The molecule has 1 fully saturated rings. The molecule has 0 unspecified atom stereocenters. The molecule has 1 aliphatic heterocycles. The molecule has 54 valence electrons. The van der Waals surface area contributed by atoms with Gasteiger partial charge in [0.05, 0.1) is 19.3 Å². The van der Waals surface area contributed by atoms with Crippen molar-refractivity contribution in [2.24, 2.45) is 5.92 Å². The molecule has 1 rings (SSSR count). The third-order valence-electron chi connectivity index (χ3n) is 1.68. The summed E-state index contributed by atoms with van der Waals surface area (Å²) in [6.45, 7) is 6.64. The van der Waals surface area contributed by atoms with E-state index in [2.05, 4.69) is 6.92 Å². The zero-order chi connectivity index (χ0) is 6.69. The number of ether oxygens (including phenoxy) is 2. The van der Waals surface area contributed by atoms with Crippen LogP contribution in [0.3, 0.4) is 0 Å². The summed E-state index contributed by atoms with van der Waals surface area (Å²) < 4.78 is 10.6. The van der Waals surface area contributed by atoms with Gasteiger partial charge in [-0.2, -0.15) is 0 Å². The maximum absolute atomic E-state index is 5.39. The van der Waals surface area contributed by atoms with Crippen LogP contribution < -0.4 is 0 Å².